The highest BCUT2D eigenvalue weighted by Crippen LogP contribution is 2.51. The number of carboxylic acids is 1. The summed E-state index contributed by atoms with van der Waals surface area (Å²) >= 11 is 1.48. The van der Waals surface area contributed by atoms with Gasteiger partial charge in [0.2, 0.25) is 5.91 Å². The third-order valence-corrected chi connectivity index (χ3v) is 7.82. The van der Waals surface area contributed by atoms with Crippen molar-refractivity contribution in [2.75, 3.05) is 19.6 Å². The number of aliphatic hydroxyl groups is 1. The highest BCUT2D eigenvalue weighted by Gasteiger charge is 2.60. The van der Waals surface area contributed by atoms with Crippen LogP contribution in [0.2, 0.25) is 0 Å². The lowest BCUT2D eigenvalue weighted by molar-refractivity contribution is -0.163. The highest BCUT2D eigenvalue weighted by molar-refractivity contribution is 8.03. The molecule has 3 aliphatic rings. The number of hydrogen-bond donors (Lipinski definition) is 5. The Balaban J connectivity index is 1.38. The van der Waals surface area contributed by atoms with E-state index in [4.69, 9.17) is 10.3 Å². The van der Waals surface area contributed by atoms with Crippen LogP contribution in [0.3, 0.4) is 0 Å². The second-order valence-electron chi connectivity index (χ2n) is 8.62. The number of carbonyl (C=O) groups is 3. The summed E-state index contributed by atoms with van der Waals surface area (Å²) in [5, 5.41) is 29.7. The summed E-state index contributed by atoms with van der Waals surface area (Å²) in [6.07, 6.45) is 0.369. The fourth-order valence-corrected chi connectivity index (χ4v) is 6.32. The van der Waals surface area contributed by atoms with Gasteiger partial charge in [0.1, 0.15) is 5.70 Å². The molecule has 0 aromatic carbocycles. The van der Waals surface area contributed by atoms with Crippen LogP contribution < -0.4 is 16.4 Å². The van der Waals surface area contributed by atoms with Crippen LogP contribution in [-0.4, -0.2) is 86.1 Å². The minimum atomic E-state index is -1.13. The first kappa shape index (κ1) is 23.7. The average Bonchev–Trinajstić information content (AvgIpc) is 3.45. The molecule has 2 unspecified atom stereocenters. The van der Waals surface area contributed by atoms with Gasteiger partial charge in [0.15, 0.2) is 5.82 Å². The molecule has 1 aromatic heterocycles. The van der Waals surface area contributed by atoms with Crippen LogP contribution in [0.15, 0.2) is 15.1 Å². The molecule has 13 heteroatoms. The molecular formula is C20H28N6O6S. The van der Waals surface area contributed by atoms with Crippen molar-refractivity contribution in [1.29, 1.82) is 0 Å². The van der Waals surface area contributed by atoms with E-state index in [9.17, 15) is 24.6 Å². The summed E-state index contributed by atoms with van der Waals surface area (Å²) in [6.45, 7) is 4.75. The molecule has 0 spiro atoms. The fourth-order valence-electron chi connectivity index (χ4n) is 4.80. The van der Waals surface area contributed by atoms with Gasteiger partial charge in [0.25, 0.3) is 0 Å². The zero-order chi connectivity index (χ0) is 23.9. The van der Waals surface area contributed by atoms with Gasteiger partial charge in [0.05, 0.1) is 18.1 Å². The lowest BCUT2D eigenvalue weighted by Gasteiger charge is -2.46. The number of nitrogens with one attached hydrogen (secondary N) is 2. The van der Waals surface area contributed by atoms with Gasteiger partial charge in [-0.2, -0.15) is 4.98 Å². The van der Waals surface area contributed by atoms with E-state index in [1.54, 1.807) is 6.92 Å². The number of nitrogens with two attached hydrogens (primary N) is 1. The number of aliphatic hydroxyl groups excluding tert-OH is 1. The molecule has 2 amide bonds. The van der Waals surface area contributed by atoms with E-state index in [1.807, 2.05) is 6.92 Å². The van der Waals surface area contributed by atoms with E-state index in [0.29, 0.717) is 36.8 Å². The Morgan fingerprint density at radius 3 is 2.88 bits per heavy atom. The number of nitrogens with zero attached hydrogens (tertiary/aromatic N) is 3. The van der Waals surface area contributed by atoms with Crippen LogP contribution >= 0.6 is 11.8 Å². The molecule has 4 rings (SSSR count). The Labute approximate surface area is 194 Å². The zero-order valence-corrected chi connectivity index (χ0v) is 19.2. The Bertz CT molecular complexity index is 980. The van der Waals surface area contributed by atoms with Crippen LogP contribution in [-0.2, 0) is 16.0 Å². The van der Waals surface area contributed by atoms with Gasteiger partial charge in [-0.05, 0) is 13.3 Å². The van der Waals surface area contributed by atoms with Crippen molar-refractivity contribution in [2.45, 2.75) is 50.1 Å². The molecule has 0 aliphatic carbocycles. The van der Waals surface area contributed by atoms with Crippen LogP contribution in [0.1, 0.15) is 36.8 Å². The van der Waals surface area contributed by atoms with Crippen LogP contribution in [0.25, 0.3) is 0 Å². The molecule has 6 N–H and O–H groups in total. The lowest BCUT2D eigenvalue weighted by Crippen LogP contribution is -2.63. The maximum Gasteiger partial charge on any atom is 0.353 e. The van der Waals surface area contributed by atoms with Gasteiger partial charge < -0.3 is 36.0 Å². The summed E-state index contributed by atoms with van der Waals surface area (Å²) in [6, 6.07) is -0.283. The summed E-state index contributed by atoms with van der Waals surface area (Å²) in [7, 11) is 0. The summed E-state index contributed by atoms with van der Waals surface area (Å²) in [4.78, 5) is 42.5. The average molecular weight is 481 g/mol. The smallest absolute Gasteiger partial charge is 0.353 e. The van der Waals surface area contributed by atoms with Gasteiger partial charge >= 0.3 is 17.8 Å². The van der Waals surface area contributed by atoms with Crippen molar-refractivity contribution in [1.82, 2.24) is 25.7 Å². The summed E-state index contributed by atoms with van der Waals surface area (Å²) in [5.41, 5.74) is 5.40. The van der Waals surface area contributed by atoms with E-state index in [0.717, 1.165) is 6.42 Å². The van der Waals surface area contributed by atoms with E-state index in [1.165, 1.54) is 16.7 Å². The van der Waals surface area contributed by atoms with Gasteiger partial charge in [0, 0.05) is 48.2 Å². The second-order valence-corrected chi connectivity index (χ2v) is 9.96. The standard InChI is InChI=1S/C20H28N6O6S/c1-8-14-13(9(2)27)19(29)26(14)15(20(30)31)16(8)33-11-5-10(23-7-11)6-12-24-18(32-25-12)17(28)22-4-3-21/h8-11,13-14,23,27H,3-7,21H2,1-2H3,(H,22,28)(H,30,31)/t8-,9-,10+,11+,13?,14?/m1/s1. The minimum absolute atomic E-state index is 0.0363. The number of β-lactam (4-membered cyclic amide) rings is 1. The summed E-state index contributed by atoms with van der Waals surface area (Å²) in [5.74, 6) is -2.36. The SMILES string of the molecule is C[C@@H](O)C1C(=O)N2C(C(=O)O)=C(S[C@@H]3CN[C@H](Cc4noc(C(=O)NCCN)n4)C3)[C@H](C)C12. The number of aromatic nitrogens is 2. The van der Waals surface area contributed by atoms with Crippen molar-refractivity contribution < 1.29 is 29.1 Å². The molecule has 180 valence electrons. The first-order valence-corrected chi connectivity index (χ1v) is 11.8. The molecule has 0 bridgehead atoms. The fraction of sp³-hybridized carbons (Fsp3) is 0.650. The first-order chi connectivity index (χ1) is 15.7. The lowest BCUT2D eigenvalue weighted by atomic mass is 9.79. The number of carboxylic acid groups (broad SMARTS) is 1. The van der Waals surface area contributed by atoms with Crippen LogP contribution in [0.5, 0.6) is 0 Å². The Morgan fingerprint density at radius 2 is 2.21 bits per heavy atom. The number of thioether (sulfide) groups is 1. The molecular weight excluding hydrogens is 452 g/mol. The van der Waals surface area contributed by atoms with Crippen molar-refractivity contribution in [3.8, 4) is 0 Å². The second kappa shape index (κ2) is 9.41. The first-order valence-electron chi connectivity index (χ1n) is 10.9. The maximum absolute atomic E-state index is 12.5. The van der Waals surface area contributed by atoms with Crippen LogP contribution in [0, 0.1) is 11.8 Å². The highest BCUT2D eigenvalue weighted by atomic mass is 32.2. The molecule has 2 fully saturated rings. The Morgan fingerprint density at radius 1 is 1.45 bits per heavy atom. The van der Waals surface area contributed by atoms with Gasteiger partial charge in [-0.25, -0.2) is 4.79 Å². The third kappa shape index (κ3) is 4.37. The van der Waals surface area contributed by atoms with Crippen molar-refractivity contribution in [3.63, 3.8) is 0 Å². The summed E-state index contributed by atoms with van der Waals surface area (Å²) < 4.78 is 5.02. The third-order valence-electron chi connectivity index (χ3n) is 6.31. The minimum Gasteiger partial charge on any atom is -0.477 e. The van der Waals surface area contributed by atoms with Crippen LogP contribution in [0.4, 0.5) is 0 Å². The predicted octanol–water partition coefficient (Wildman–Crippen LogP) is -1.08. The van der Waals surface area contributed by atoms with Gasteiger partial charge in [-0.3, -0.25) is 9.59 Å². The number of hydrogen-bond acceptors (Lipinski definition) is 10. The van der Waals surface area contributed by atoms with E-state index in [-0.39, 0.29) is 40.7 Å². The quantitative estimate of drug-likeness (QED) is 0.271. The van der Waals surface area contributed by atoms with Gasteiger partial charge in [-0.1, -0.05) is 12.1 Å². The predicted molar refractivity (Wildman–Crippen MR) is 117 cm³/mol. The van der Waals surface area contributed by atoms with E-state index in [2.05, 4.69) is 20.8 Å². The molecule has 3 aliphatic heterocycles. The number of amides is 2. The molecule has 4 heterocycles. The number of fused-ring (bicyclic) bond motifs is 1. The normalized spacial score (nSPS) is 29.8. The molecule has 1 aromatic rings. The molecule has 2 saturated heterocycles. The monoisotopic (exact) mass is 480 g/mol. The number of rotatable bonds is 9. The number of aliphatic carboxylic acids is 1. The molecule has 12 nitrogen and oxygen atoms in total. The van der Waals surface area contributed by atoms with Crippen molar-refractivity contribution >= 4 is 29.5 Å². The Kier molecular flexibility index (Phi) is 6.75. The zero-order valence-electron chi connectivity index (χ0n) is 18.4. The maximum atomic E-state index is 12.5. The van der Waals surface area contributed by atoms with E-state index >= 15 is 0 Å². The topological polar surface area (TPSA) is 184 Å². The molecule has 33 heavy (non-hydrogen) atoms. The molecule has 6 atom stereocenters. The molecule has 0 saturated carbocycles. The molecule has 0 radical (unpaired) electrons. The number of carbonyl (C=O) groups excluding carboxylic acids is 2. The van der Waals surface area contributed by atoms with Crippen molar-refractivity contribution in [2.24, 2.45) is 17.6 Å². The van der Waals surface area contributed by atoms with E-state index < -0.39 is 23.9 Å². The largest absolute Gasteiger partial charge is 0.477 e. The van der Waals surface area contributed by atoms with Crippen molar-refractivity contribution in [3.05, 3.63) is 22.3 Å². The van der Waals surface area contributed by atoms with Gasteiger partial charge in [-0.15, -0.1) is 11.8 Å². The Hall–Kier alpha value is -2.48.